The molecule has 3 rings (SSSR count). The van der Waals surface area contributed by atoms with E-state index in [2.05, 4.69) is 31.7 Å². The highest BCUT2D eigenvalue weighted by molar-refractivity contribution is 5.40. The number of nitriles is 2. The van der Waals surface area contributed by atoms with Crippen LogP contribution in [0.2, 0.25) is 0 Å². The number of likely N-dealkylation sites (tertiary alicyclic amines) is 1. The zero-order valence-corrected chi connectivity index (χ0v) is 17.1. The van der Waals surface area contributed by atoms with Gasteiger partial charge >= 0.3 is 0 Å². The Morgan fingerprint density at radius 1 is 0.714 bits per heavy atom. The molecule has 3 aliphatic rings. The average Bonchev–Trinajstić information content (AvgIpc) is 3.13. The van der Waals surface area contributed by atoms with Gasteiger partial charge in [0, 0.05) is 45.8 Å². The summed E-state index contributed by atoms with van der Waals surface area (Å²) in [5.74, 6) is 0.866. The van der Waals surface area contributed by atoms with Crippen molar-refractivity contribution in [2.75, 3.05) is 78.7 Å². The summed E-state index contributed by atoms with van der Waals surface area (Å²) in [7, 11) is 0. The van der Waals surface area contributed by atoms with Gasteiger partial charge in [-0.25, -0.2) is 0 Å². The third-order valence-electron chi connectivity index (χ3n) is 6.04. The molecule has 7 heteroatoms. The van der Waals surface area contributed by atoms with Gasteiger partial charge in [0.2, 0.25) is 0 Å². The first kappa shape index (κ1) is 20.9. The molecule has 0 saturated carbocycles. The lowest BCUT2D eigenvalue weighted by Crippen LogP contribution is -2.38. The van der Waals surface area contributed by atoms with E-state index in [4.69, 9.17) is 4.74 Å². The van der Waals surface area contributed by atoms with E-state index in [0.29, 0.717) is 0 Å². The monoisotopic (exact) mass is 386 g/mol. The molecule has 0 aromatic carbocycles. The van der Waals surface area contributed by atoms with Crippen molar-refractivity contribution >= 4 is 0 Å². The molecule has 0 atom stereocenters. The Hall–Kier alpha value is -1.80. The molecule has 0 N–H and O–H groups in total. The van der Waals surface area contributed by atoms with Gasteiger partial charge in [-0.05, 0) is 45.3 Å². The maximum atomic E-state index is 9.47. The lowest BCUT2D eigenvalue weighted by Gasteiger charge is -2.29. The predicted octanol–water partition coefficient (Wildman–Crippen LogP) is 1.46. The molecule has 0 unspecified atom stereocenters. The van der Waals surface area contributed by atoms with E-state index in [1.165, 1.54) is 32.4 Å². The topological polar surface area (TPSA) is 69.8 Å². The number of hydrogen-bond acceptors (Lipinski definition) is 7. The standard InChI is InChI=1S/C21H34N6O/c22-18-20(19-23)21-26(10-4-8-24-6-2-1-3-7-24)12-13-27(21)11-5-9-25-14-16-28-17-15-25/h1-17H2. The van der Waals surface area contributed by atoms with Crippen LogP contribution in [0.5, 0.6) is 0 Å². The second-order valence-corrected chi connectivity index (χ2v) is 7.96. The second kappa shape index (κ2) is 11.3. The van der Waals surface area contributed by atoms with E-state index in [0.717, 1.165) is 84.2 Å². The molecule has 0 amide bonds. The average molecular weight is 387 g/mol. The number of morpholine rings is 1. The minimum atomic E-state index is 0.266. The number of rotatable bonds is 8. The quantitative estimate of drug-likeness (QED) is 0.585. The second-order valence-electron chi connectivity index (χ2n) is 7.96. The molecular formula is C21H34N6O. The summed E-state index contributed by atoms with van der Waals surface area (Å²) in [6.45, 7) is 11.9. The lowest BCUT2D eigenvalue weighted by molar-refractivity contribution is 0.0366. The number of nitrogens with zero attached hydrogens (tertiary/aromatic N) is 6. The zero-order chi connectivity index (χ0) is 19.6. The largest absolute Gasteiger partial charge is 0.379 e. The summed E-state index contributed by atoms with van der Waals surface area (Å²) in [5.41, 5.74) is 0.266. The Labute approximate surface area is 169 Å². The van der Waals surface area contributed by atoms with E-state index in [1.54, 1.807) is 0 Å². The molecule has 0 bridgehead atoms. The van der Waals surface area contributed by atoms with Crippen molar-refractivity contribution in [2.24, 2.45) is 0 Å². The van der Waals surface area contributed by atoms with Crippen LogP contribution >= 0.6 is 0 Å². The first-order valence-electron chi connectivity index (χ1n) is 10.9. The Balaban J connectivity index is 1.50. The molecule has 3 aliphatic heterocycles. The Morgan fingerprint density at radius 2 is 1.25 bits per heavy atom. The minimum Gasteiger partial charge on any atom is -0.379 e. The summed E-state index contributed by atoms with van der Waals surface area (Å²) in [6.07, 6.45) is 6.14. The Bertz CT molecular complexity index is 545. The van der Waals surface area contributed by atoms with E-state index in [1.807, 2.05) is 0 Å². The SMILES string of the molecule is N#CC(C#N)=C1N(CCCN2CCCCC2)CCN1CCCN1CCOCC1. The molecule has 0 aromatic heterocycles. The van der Waals surface area contributed by atoms with Gasteiger partial charge < -0.3 is 19.4 Å². The van der Waals surface area contributed by atoms with Crippen molar-refractivity contribution in [1.29, 1.82) is 10.5 Å². The van der Waals surface area contributed by atoms with Crippen LogP contribution in [-0.4, -0.2) is 98.3 Å². The van der Waals surface area contributed by atoms with Crippen molar-refractivity contribution in [1.82, 2.24) is 19.6 Å². The number of hydrogen-bond donors (Lipinski definition) is 0. The van der Waals surface area contributed by atoms with E-state index >= 15 is 0 Å². The summed E-state index contributed by atoms with van der Waals surface area (Å²) >= 11 is 0. The Morgan fingerprint density at radius 3 is 1.79 bits per heavy atom. The van der Waals surface area contributed by atoms with Crippen LogP contribution in [0.25, 0.3) is 0 Å². The first-order valence-corrected chi connectivity index (χ1v) is 10.9. The van der Waals surface area contributed by atoms with Crippen LogP contribution in [0.3, 0.4) is 0 Å². The number of allylic oxidation sites excluding steroid dienone is 1. The first-order chi connectivity index (χ1) is 13.8. The van der Waals surface area contributed by atoms with E-state index < -0.39 is 0 Å². The maximum Gasteiger partial charge on any atom is 0.169 e. The maximum absolute atomic E-state index is 9.47. The fraction of sp³-hybridized carbons (Fsp3) is 0.810. The van der Waals surface area contributed by atoms with E-state index in [9.17, 15) is 10.5 Å². The van der Waals surface area contributed by atoms with Gasteiger partial charge in [0.1, 0.15) is 18.0 Å². The lowest BCUT2D eigenvalue weighted by atomic mass is 10.1. The third kappa shape index (κ3) is 5.85. The molecule has 3 fully saturated rings. The summed E-state index contributed by atoms with van der Waals surface area (Å²) in [6, 6.07) is 4.26. The van der Waals surface area contributed by atoms with Crippen molar-refractivity contribution in [3.8, 4) is 12.1 Å². The highest BCUT2D eigenvalue weighted by Crippen LogP contribution is 2.23. The number of ether oxygens (including phenoxy) is 1. The molecule has 7 nitrogen and oxygen atoms in total. The van der Waals surface area contributed by atoms with Crippen LogP contribution in [0.1, 0.15) is 32.1 Å². The molecule has 3 saturated heterocycles. The van der Waals surface area contributed by atoms with Gasteiger partial charge in [-0.1, -0.05) is 6.42 Å². The van der Waals surface area contributed by atoms with Crippen LogP contribution in [0, 0.1) is 22.7 Å². The molecule has 154 valence electrons. The van der Waals surface area contributed by atoms with Gasteiger partial charge in [0.25, 0.3) is 0 Å². The fourth-order valence-corrected chi connectivity index (χ4v) is 4.51. The molecule has 0 aromatic rings. The molecule has 28 heavy (non-hydrogen) atoms. The highest BCUT2D eigenvalue weighted by atomic mass is 16.5. The Kier molecular flexibility index (Phi) is 8.42. The van der Waals surface area contributed by atoms with Crippen LogP contribution < -0.4 is 0 Å². The van der Waals surface area contributed by atoms with E-state index in [-0.39, 0.29) is 5.57 Å². The van der Waals surface area contributed by atoms with Crippen molar-refractivity contribution in [3.63, 3.8) is 0 Å². The normalized spacial score (nSPS) is 21.6. The minimum absolute atomic E-state index is 0.266. The predicted molar refractivity (Wildman–Crippen MR) is 108 cm³/mol. The summed E-state index contributed by atoms with van der Waals surface area (Å²) < 4.78 is 5.41. The van der Waals surface area contributed by atoms with Crippen molar-refractivity contribution in [2.45, 2.75) is 32.1 Å². The molecular weight excluding hydrogens is 352 g/mol. The van der Waals surface area contributed by atoms with Gasteiger partial charge in [-0.15, -0.1) is 0 Å². The van der Waals surface area contributed by atoms with Crippen LogP contribution in [0.15, 0.2) is 11.4 Å². The fourth-order valence-electron chi connectivity index (χ4n) is 4.51. The summed E-state index contributed by atoms with van der Waals surface area (Å²) in [4.78, 5) is 9.51. The smallest absolute Gasteiger partial charge is 0.169 e. The molecule has 0 aliphatic carbocycles. The van der Waals surface area contributed by atoms with Crippen LogP contribution in [-0.2, 0) is 4.74 Å². The summed E-state index contributed by atoms with van der Waals surface area (Å²) in [5, 5.41) is 18.9. The zero-order valence-electron chi connectivity index (χ0n) is 17.1. The van der Waals surface area contributed by atoms with Crippen LogP contribution in [0.4, 0.5) is 0 Å². The van der Waals surface area contributed by atoms with Crippen molar-refractivity contribution < 1.29 is 4.74 Å². The molecule has 3 heterocycles. The molecule has 0 radical (unpaired) electrons. The highest BCUT2D eigenvalue weighted by Gasteiger charge is 2.28. The van der Waals surface area contributed by atoms with Gasteiger partial charge in [-0.2, -0.15) is 10.5 Å². The number of piperidine rings is 1. The van der Waals surface area contributed by atoms with Gasteiger partial charge in [0.05, 0.1) is 13.2 Å². The van der Waals surface area contributed by atoms with Gasteiger partial charge in [-0.3, -0.25) is 4.90 Å². The third-order valence-corrected chi connectivity index (χ3v) is 6.04. The van der Waals surface area contributed by atoms with Crippen molar-refractivity contribution in [3.05, 3.63) is 11.4 Å². The van der Waals surface area contributed by atoms with Gasteiger partial charge in [0.15, 0.2) is 5.57 Å². The molecule has 0 spiro atoms.